The van der Waals surface area contributed by atoms with Gasteiger partial charge in [0.05, 0.1) is 0 Å². The number of nitrogens with zero attached hydrogens (tertiary/aromatic N) is 3. The molecular weight excluding hydrogens is 294 g/mol. The lowest BCUT2D eigenvalue weighted by atomic mass is 10.1. The average molecular weight is 319 g/mol. The van der Waals surface area contributed by atoms with Gasteiger partial charge in [-0.3, -0.25) is 9.69 Å². The highest BCUT2D eigenvalue weighted by molar-refractivity contribution is 7.86. The lowest BCUT2D eigenvalue weighted by Crippen LogP contribution is -2.61. The van der Waals surface area contributed by atoms with Crippen LogP contribution in [0.15, 0.2) is 0 Å². The van der Waals surface area contributed by atoms with Crippen molar-refractivity contribution in [2.45, 2.75) is 51.2 Å². The summed E-state index contributed by atoms with van der Waals surface area (Å²) in [5.41, 5.74) is 0. The van der Waals surface area contributed by atoms with E-state index in [1.54, 1.807) is 0 Å². The van der Waals surface area contributed by atoms with Gasteiger partial charge in [0.2, 0.25) is 0 Å². The van der Waals surface area contributed by atoms with E-state index in [0.29, 0.717) is 26.1 Å². The standard InChI is InChI=1S/C13H25N3O4S/c1-10-8-15(9-11(2)14(10)3)21(19,20)16-7-5-4-6-12(16)13(17)18/h10-12H,4-9H2,1-3H3,(H,17,18). The first-order valence-corrected chi connectivity index (χ1v) is 8.86. The molecule has 0 amide bonds. The molecule has 3 atom stereocenters. The summed E-state index contributed by atoms with van der Waals surface area (Å²) in [5.74, 6) is -1.05. The third-order valence-corrected chi connectivity index (χ3v) is 6.67. The van der Waals surface area contributed by atoms with Gasteiger partial charge in [0.1, 0.15) is 6.04 Å². The van der Waals surface area contributed by atoms with Gasteiger partial charge < -0.3 is 5.11 Å². The van der Waals surface area contributed by atoms with Crippen molar-refractivity contribution < 1.29 is 18.3 Å². The number of likely N-dealkylation sites (N-methyl/N-ethyl adjacent to an activating group) is 1. The molecule has 0 saturated carbocycles. The Bertz CT molecular complexity index is 484. The van der Waals surface area contributed by atoms with Gasteiger partial charge in [0, 0.05) is 31.7 Å². The number of piperazine rings is 1. The number of carbonyl (C=O) groups is 1. The normalized spacial score (nSPS) is 34.0. The van der Waals surface area contributed by atoms with E-state index in [2.05, 4.69) is 4.90 Å². The Labute approximate surface area is 126 Å². The summed E-state index contributed by atoms with van der Waals surface area (Å²) in [6.07, 6.45) is 1.88. The molecule has 1 N–H and O–H groups in total. The predicted octanol–water partition coefficient (Wildman–Crippen LogP) is 0.195. The van der Waals surface area contributed by atoms with Crippen molar-refractivity contribution in [2.24, 2.45) is 0 Å². The third-order valence-electron chi connectivity index (χ3n) is 4.69. The minimum atomic E-state index is -3.71. The maximum absolute atomic E-state index is 12.8. The number of carboxylic acid groups (broad SMARTS) is 1. The SMILES string of the molecule is CC1CN(S(=O)(=O)N2CCCCC2C(=O)O)CC(C)N1C. The molecular formula is C13H25N3O4S. The number of aliphatic carboxylic acids is 1. The van der Waals surface area contributed by atoms with E-state index in [9.17, 15) is 18.3 Å². The van der Waals surface area contributed by atoms with Crippen molar-refractivity contribution >= 4 is 16.2 Å². The first-order valence-electron chi connectivity index (χ1n) is 7.46. The van der Waals surface area contributed by atoms with Crippen LogP contribution in [-0.2, 0) is 15.0 Å². The lowest BCUT2D eigenvalue weighted by molar-refractivity contribution is -0.142. The van der Waals surface area contributed by atoms with E-state index < -0.39 is 22.2 Å². The molecule has 2 rings (SSSR count). The topological polar surface area (TPSA) is 81.2 Å². The number of hydrogen-bond donors (Lipinski definition) is 1. The summed E-state index contributed by atoms with van der Waals surface area (Å²) in [6.45, 7) is 5.10. The molecule has 0 aromatic heterocycles. The summed E-state index contributed by atoms with van der Waals surface area (Å²) in [7, 11) is -1.72. The fourth-order valence-electron chi connectivity index (χ4n) is 3.12. The molecule has 0 radical (unpaired) electrons. The van der Waals surface area contributed by atoms with Gasteiger partial charge in [0.25, 0.3) is 10.2 Å². The first kappa shape index (κ1) is 16.7. The zero-order valence-corrected chi connectivity index (χ0v) is 13.7. The number of carboxylic acids is 1. The molecule has 0 aliphatic carbocycles. The monoisotopic (exact) mass is 319 g/mol. The van der Waals surface area contributed by atoms with Crippen LogP contribution >= 0.6 is 0 Å². The van der Waals surface area contributed by atoms with E-state index in [0.717, 1.165) is 12.8 Å². The molecule has 3 unspecified atom stereocenters. The van der Waals surface area contributed by atoms with Gasteiger partial charge in [0.15, 0.2) is 0 Å². The Hall–Kier alpha value is -0.700. The van der Waals surface area contributed by atoms with Crippen LogP contribution in [0.5, 0.6) is 0 Å². The van der Waals surface area contributed by atoms with Gasteiger partial charge in [-0.2, -0.15) is 17.0 Å². The van der Waals surface area contributed by atoms with Gasteiger partial charge in [-0.1, -0.05) is 0 Å². The maximum Gasteiger partial charge on any atom is 0.322 e. The third kappa shape index (κ3) is 3.23. The van der Waals surface area contributed by atoms with Crippen molar-refractivity contribution in [3.8, 4) is 0 Å². The molecule has 122 valence electrons. The van der Waals surface area contributed by atoms with Gasteiger partial charge in [-0.25, -0.2) is 0 Å². The van der Waals surface area contributed by atoms with E-state index in [4.69, 9.17) is 0 Å². The summed E-state index contributed by atoms with van der Waals surface area (Å²) >= 11 is 0. The second-order valence-electron chi connectivity index (χ2n) is 6.15. The fourth-order valence-corrected chi connectivity index (χ4v) is 5.10. The Morgan fingerprint density at radius 2 is 1.71 bits per heavy atom. The summed E-state index contributed by atoms with van der Waals surface area (Å²) in [5, 5.41) is 9.28. The quantitative estimate of drug-likeness (QED) is 0.803. The minimum absolute atomic E-state index is 0.122. The minimum Gasteiger partial charge on any atom is -0.480 e. The second-order valence-corrected chi connectivity index (χ2v) is 8.03. The van der Waals surface area contributed by atoms with Gasteiger partial charge in [-0.05, 0) is 40.2 Å². The highest BCUT2D eigenvalue weighted by Gasteiger charge is 2.42. The van der Waals surface area contributed by atoms with Crippen LogP contribution in [0.4, 0.5) is 0 Å². The molecule has 21 heavy (non-hydrogen) atoms. The molecule has 0 bridgehead atoms. The molecule has 7 nitrogen and oxygen atoms in total. The second kappa shape index (κ2) is 6.20. The zero-order chi connectivity index (χ0) is 15.8. The molecule has 2 saturated heterocycles. The number of hydrogen-bond acceptors (Lipinski definition) is 4. The summed E-state index contributed by atoms with van der Waals surface area (Å²) in [4.78, 5) is 13.5. The van der Waals surface area contributed by atoms with Crippen LogP contribution in [0.3, 0.4) is 0 Å². The van der Waals surface area contributed by atoms with Crippen LogP contribution in [0, 0.1) is 0 Å². The van der Waals surface area contributed by atoms with Gasteiger partial charge in [-0.15, -0.1) is 0 Å². The van der Waals surface area contributed by atoms with Crippen molar-refractivity contribution in [1.82, 2.24) is 13.5 Å². The van der Waals surface area contributed by atoms with Gasteiger partial charge >= 0.3 is 5.97 Å². The smallest absolute Gasteiger partial charge is 0.322 e. The molecule has 2 aliphatic heterocycles. The number of piperidine rings is 1. The van der Waals surface area contributed by atoms with Crippen LogP contribution in [0.1, 0.15) is 33.1 Å². The highest BCUT2D eigenvalue weighted by Crippen LogP contribution is 2.25. The zero-order valence-electron chi connectivity index (χ0n) is 12.9. The van der Waals surface area contributed by atoms with Crippen LogP contribution < -0.4 is 0 Å². The maximum atomic E-state index is 12.8. The van der Waals surface area contributed by atoms with E-state index >= 15 is 0 Å². The lowest BCUT2D eigenvalue weighted by Gasteiger charge is -2.44. The van der Waals surface area contributed by atoms with Crippen LogP contribution in [0.2, 0.25) is 0 Å². The van der Waals surface area contributed by atoms with Crippen molar-refractivity contribution in [3.05, 3.63) is 0 Å². The molecule has 0 aromatic carbocycles. The van der Waals surface area contributed by atoms with E-state index in [1.165, 1.54) is 8.61 Å². The highest BCUT2D eigenvalue weighted by atomic mass is 32.2. The van der Waals surface area contributed by atoms with E-state index in [1.807, 2.05) is 20.9 Å². The first-order chi connectivity index (χ1) is 9.75. The molecule has 2 heterocycles. The fraction of sp³-hybridized carbons (Fsp3) is 0.923. The van der Waals surface area contributed by atoms with Crippen LogP contribution in [-0.4, -0.2) is 77.8 Å². The Kier molecular flexibility index (Phi) is 4.92. The molecule has 2 aliphatic rings. The Balaban J connectivity index is 2.22. The largest absolute Gasteiger partial charge is 0.480 e. The molecule has 2 fully saturated rings. The summed E-state index contributed by atoms with van der Waals surface area (Å²) < 4.78 is 28.3. The average Bonchev–Trinajstić information content (AvgIpc) is 2.44. The Morgan fingerprint density at radius 3 is 2.24 bits per heavy atom. The summed E-state index contributed by atoms with van der Waals surface area (Å²) in [6, 6.07) is -0.679. The molecule has 0 aromatic rings. The van der Waals surface area contributed by atoms with Crippen molar-refractivity contribution in [2.75, 3.05) is 26.7 Å². The van der Waals surface area contributed by atoms with Crippen LogP contribution in [0.25, 0.3) is 0 Å². The molecule has 8 heteroatoms. The number of rotatable bonds is 3. The van der Waals surface area contributed by atoms with Crippen molar-refractivity contribution in [3.63, 3.8) is 0 Å². The predicted molar refractivity (Wildman–Crippen MR) is 79.2 cm³/mol. The molecule has 0 spiro atoms. The van der Waals surface area contributed by atoms with E-state index in [-0.39, 0.29) is 12.1 Å². The van der Waals surface area contributed by atoms with Crippen molar-refractivity contribution in [1.29, 1.82) is 0 Å². The Morgan fingerprint density at radius 1 is 1.14 bits per heavy atom.